The molecule has 4 rings (SSSR count). The van der Waals surface area contributed by atoms with E-state index in [0.29, 0.717) is 10.7 Å². The van der Waals surface area contributed by atoms with Crippen LogP contribution in [-0.2, 0) is 11.2 Å². The van der Waals surface area contributed by atoms with E-state index in [4.69, 9.17) is 16.9 Å². The Morgan fingerprint density at radius 2 is 2.16 bits per heavy atom. The van der Waals surface area contributed by atoms with Crippen molar-refractivity contribution in [3.63, 3.8) is 0 Å². The zero-order valence-corrected chi connectivity index (χ0v) is 17.7. The average Bonchev–Trinajstić information content (AvgIpc) is 3.31. The van der Waals surface area contributed by atoms with Crippen LogP contribution in [0.2, 0.25) is 5.02 Å². The van der Waals surface area contributed by atoms with E-state index in [0.717, 1.165) is 28.9 Å². The highest BCUT2D eigenvalue weighted by Crippen LogP contribution is 2.36. The third-order valence-electron chi connectivity index (χ3n) is 5.72. The molecule has 166 valence electrons. The summed E-state index contributed by atoms with van der Waals surface area (Å²) in [5, 5.41) is 15.5. The molecule has 2 amide bonds. The van der Waals surface area contributed by atoms with Gasteiger partial charge >= 0.3 is 0 Å². The number of likely N-dealkylation sites (tertiary alicyclic amines) is 1. The normalized spacial score (nSPS) is 21.0. The van der Waals surface area contributed by atoms with Crippen LogP contribution in [0.1, 0.15) is 40.4 Å². The van der Waals surface area contributed by atoms with Crippen LogP contribution in [-0.4, -0.2) is 46.8 Å². The third kappa shape index (κ3) is 4.50. The Kier molecular flexibility index (Phi) is 5.98. The summed E-state index contributed by atoms with van der Waals surface area (Å²) in [5.41, 5.74) is 3.01. The van der Waals surface area contributed by atoms with Crippen molar-refractivity contribution in [2.24, 2.45) is 0 Å². The summed E-state index contributed by atoms with van der Waals surface area (Å²) < 4.78 is 27.2. The molecule has 7 nitrogen and oxygen atoms in total. The minimum atomic E-state index is -3.11. The lowest BCUT2D eigenvalue weighted by molar-refractivity contribution is -0.131. The third-order valence-corrected chi connectivity index (χ3v) is 5.95. The Morgan fingerprint density at radius 3 is 2.94 bits per heavy atom. The van der Waals surface area contributed by atoms with Crippen molar-refractivity contribution in [1.29, 1.82) is 5.26 Å². The molecule has 1 aromatic heterocycles. The van der Waals surface area contributed by atoms with Crippen LogP contribution < -0.4 is 10.6 Å². The lowest BCUT2D eigenvalue weighted by atomic mass is 10.1. The van der Waals surface area contributed by atoms with Crippen molar-refractivity contribution in [2.75, 3.05) is 18.4 Å². The van der Waals surface area contributed by atoms with E-state index in [1.165, 1.54) is 18.5 Å². The van der Waals surface area contributed by atoms with E-state index in [2.05, 4.69) is 15.6 Å². The molecule has 1 aliphatic heterocycles. The number of nitrogens with zero attached hydrogens (tertiary/aromatic N) is 3. The fourth-order valence-electron chi connectivity index (χ4n) is 4.18. The van der Waals surface area contributed by atoms with Gasteiger partial charge in [0.05, 0.1) is 42.6 Å². The minimum absolute atomic E-state index is 0.0251. The van der Waals surface area contributed by atoms with Crippen molar-refractivity contribution >= 4 is 29.1 Å². The highest BCUT2D eigenvalue weighted by molar-refractivity contribution is 6.30. The Balaban J connectivity index is 1.43. The number of aryl methyl sites for hydroxylation is 1. The average molecular weight is 460 g/mol. The molecule has 32 heavy (non-hydrogen) atoms. The maximum Gasteiger partial charge on any atom is 0.268 e. The van der Waals surface area contributed by atoms with Crippen molar-refractivity contribution in [2.45, 2.75) is 37.3 Å². The minimum Gasteiger partial charge on any atom is -0.376 e. The Morgan fingerprint density at radius 1 is 1.34 bits per heavy atom. The van der Waals surface area contributed by atoms with Gasteiger partial charge in [0, 0.05) is 17.6 Å². The molecule has 0 spiro atoms. The zero-order chi connectivity index (χ0) is 22.9. The summed E-state index contributed by atoms with van der Waals surface area (Å²) in [4.78, 5) is 30.0. The summed E-state index contributed by atoms with van der Waals surface area (Å²) in [6.07, 6.45) is 3.96. The predicted molar refractivity (Wildman–Crippen MR) is 113 cm³/mol. The number of rotatable bonds is 5. The molecule has 2 aliphatic rings. The van der Waals surface area contributed by atoms with E-state index in [1.807, 2.05) is 18.2 Å². The monoisotopic (exact) mass is 459 g/mol. The first-order valence-corrected chi connectivity index (χ1v) is 10.5. The maximum absolute atomic E-state index is 13.6. The van der Waals surface area contributed by atoms with Gasteiger partial charge in [0.15, 0.2) is 0 Å². The molecular formula is C22H20ClF2N5O2. The van der Waals surface area contributed by atoms with Gasteiger partial charge in [0.25, 0.3) is 11.8 Å². The fourth-order valence-corrected chi connectivity index (χ4v) is 4.37. The van der Waals surface area contributed by atoms with Gasteiger partial charge in [-0.05, 0) is 42.2 Å². The molecule has 2 heterocycles. The van der Waals surface area contributed by atoms with Gasteiger partial charge in [0.1, 0.15) is 6.04 Å². The summed E-state index contributed by atoms with van der Waals surface area (Å²) in [6, 6.07) is 7.70. The van der Waals surface area contributed by atoms with Crippen molar-refractivity contribution in [3.05, 3.63) is 58.4 Å². The van der Waals surface area contributed by atoms with E-state index in [1.54, 1.807) is 6.07 Å². The standard InChI is InChI=1S/C22H20ClF2N5O2/c23-14-2-3-16-13(7-14)1-4-18(16)29-19-10-27-6-5-17(19)21(32)28-11-20(31)30-12-22(24,25)8-15(30)9-26/h2-3,5-7,10,15,18,29H,1,4,8,11-12H2,(H,28,32)/t15-,18?/m0/s1. The molecule has 1 fully saturated rings. The number of fused-ring (bicyclic) bond motifs is 1. The first-order valence-electron chi connectivity index (χ1n) is 10.1. The van der Waals surface area contributed by atoms with Gasteiger partial charge in [-0.15, -0.1) is 0 Å². The Hall–Kier alpha value is -3.25. The molecule has 1 aromatic carbocycles. The van der Waals surface area contributed by atoms with E-state index in [9.17, 15) is 18.4 Å². The van der Waals surface area contributed by atoms with Crippen LogP contribution in [0, 0.1) is 11.3 Å². The molecule has 1 unspecified atom stereocenters. The first-order chi connectivity index (χ1) is 15.3. The largest absolute Gasteiger partial charge is 0.376 e. The number of carbonyl (C=O) groups is 2. The number of halogens is 3. The molecule has 0 radical (unpaired) electrons. The first kappa shape index (κ1) is 22.0. The number of carbonyl (C=O) groups excluding carboxylic acids is 2. The number of nitrogens with one attached hydrogen (secondary N) is 2. The second kappa shape index (κ2) is 8.71. The quantitative estimate of drug-likeness (QED) is 0.714. The van der Waals surface area contributed by atoms with Crippen molar-refractivity contribution in [3.8, 4) is 6.07 Å². The van der Waals surface area contributed by atoms with Crippen LogP contribution in [0.5, 0.6) is 0 Å². The van der Waals surface area contributed by atoms with Gasteiger partial charge in [0.2, 0.25) is 5.91 Å². The van der Waals surface area contributed by atoms with Gasteiger partial charge in [-0.3, -0.25) is 14.6 Å². The van der Waals surface area contributed by atoms with Gasteiger partial charge in [-0.1, -0.05) is 17.7 Å². The molecule has 10 heteroatoms. The number of anilines is 1. The predicted octanol–water partition coefficient (Wildman–Crippen LogP) is 3.32. The number of alkyl halides is 2. The fraction of sp³-hybridized carbons (Fsp3) is 0.364. The van der Waals surface area contributed by atoms with Crippen LogP contribution in [0.4, 0.5) is 14.5 Å². The number of amides is 2. The molecule has 2 aromatic rings. The van der Waals surface area contributed by atoms with Crippen LogP contribution in [0.15, 0.2) is 36.7 Å². The molecule has 0 saturated carbocycles. The van der Waals surface area contributed by atoms with Crippen molar-refractivity contribution in [1.82, 2.24) is 15.2 Å². The number of nitriles is 1. The summed E-state index contributed by atoms with van der Waals surface area (Å²) >= 11 is 6.07. The smallest absolute Gasteiger partial charge is 0.268 e. The van der Waals surface area contributed by atoms with E-state index >= 15 is 0 Å². The van der Waals surface area contributed by atoms with Gasteiger partial charge in [-0.2, -0.15) is 5.26 Å². The highest BCUT2D eigenvalue weighted by atomic mass is 35.5. The molecule has 2 N–H and O–H groups in total. The Bertz CT molecular complexity index is 1100. The second-order valence-corrected chi connectivity index (χ2v) is 8.35. The van der Waals surface area contributed by atoms with Gasteiger partial charge in [-0.25, -0.2) is 8.78 Å². The summed E-state index contributed by atoms with van der Waals surface area (Å²) in [6.45, 7) is -1.31. The Labute approximate surface area is 188 Å². The maximum atomic E-state index is 13.6. The molecular weight excluding hydrogens is 440 g/mol. The van der Waals surface area contributed by atoms with Gasteiger partial charge < -0.3 is 15.5 Å². The lowest BCUT2D eigenvalue weighted by Gasteiger charge is -2.20. The molecule has 2 atom stereocenters. The van der Waals surface area contributed by atoms with Crippen molar-refractivity contribution < 1.29 is 18.4 Å². The number of benzene rings is 1. The number of hydrogen-bond acceptors (Lipinski definition) is 5. The second-order valence-electron chi connectivity index (χ2n) is 7.91. The topological polar surface area (TPSA) is 98.1 Å². The van der Waals surface area contributed by atoms with Crippen LogP contribution >= 0.6 is 11.6 Å². The summed E-state index contributed by atoms with van der Waals surface area (Å²) in [5.74, 6) is -4.38. The number of aromatic nitrogens is 1. The number of hydrogen-bond donors (Lipinski definition) is 2. The van der Waals surface area contributed by atoms with Crippen LogP contribution in [0.25, 0.3) is 0 Å². The molecule has 1 aliphatic carbocycles. The summed E-state index contributed by atoms with van der Waals surface area (Å²) in [7, 11) is 0. The lowest BCUT2D eigenvalue weighted by Crippen LogP contribution is -2.43. The van der Waals surface area contributed by atoms with E-state index in [-0.39, 0.29) is 11.6 Å². The highest BCUT2D eigenvalue weighted by Gasteiger charge is 2.47. The van der Waals surface area contributed by atoms with E-state index < -0.39 is 43.3 Å². The molecule has 0 bridgehead atoms. The zero-order valence-electron chi connectivity index (χ0n) is 16.9. The SMILES string of the molecule is N#C[C@@H]1CC(F)(F)CN1C(=O)CNC(=O)c1ccncc1NC1CCc2cc(Cl)ccc21. The molecule has 1 saturated heterocycles. The number of pyridine rings is 1. The van der Waals surface area contributed by atoms with Crippen LogP contribution in [0.3, 0.4) is 0 Å².